The number of anilines is 1. The van der Waals surface area contributed by atoms with E-state index in [0.29, 0.717) is 5.75 Å². The van der Waals surface area contributed by atoms with Gasteiger partial charge in [-0.3, -0.25) is 4.79 Å². The maximum Gasteiger partial charge on any atom is 0.255 e. The van der Waals surface area contributed by atoms with Gasteiger partial charge in [-0.2, -0.15) is 5.10 Å². The number of hydrogen-bond donors (Lipinski definition) is 3. The lowest BCUT2D eigenvalue weighted by molar-refractivity contribution is -0.119. The average molecular weight is 303 g/mol. The molecule has 0 saturated carbocycles. The summed E-state index contributed by atoms with van der Waals surface area (Å²) in [5, 5.41) is 14.4. The van der Waals surface area contributed by atoms with Gasteiger partial charge in [0.1, 0.15) is 5.75 Å². The van der Waals surface area contributed by atoms with Gasteiger partial charge in [0, 0.05) is 0 Å². The van der Waals surface area contributed by atoms with E-state index in [9.17, 15) is 4.79 Å². The summed E-state index contributed by atoms with van der Waals surface area (Å²) in [6.45, 7) is -0.179. The number of nitrogens with two attached hydrogens (primary N) is 3. The van der Waals surface area contributed by atoms with Gasteiger partial charge in [-0.25, -0.2) is 4.63 Å². The molecular formula is C12H13N7O3. The number of carbonyl (C=O) groups excluding carboxylic acids is 1. The van der Waals surface area contributed by atoms with E-state index in [1.807, 2.05) is 0 Å². The third kappa shape index (κ3) is 4.03. The lowest BCUT2D eigenvalue weighted by atomic mass is 10.2. The highest BCUT2D eigenvalue weighted by atomic mass is 16.6. The average Bonchev–Trinajstić information content (AvgIpc) is 2.92. The zero-order valence-corrected chi connectivity index (χ0v) is 11.3. The fourth-order valence-electron chi connectivity index (χ4n) is 1.38. The van der Waals surface area contributed by atoms with Crippen LogP contribution in [0.2, 0.25) is 0 Å². The highest BCUT2D eigenvalue weighted by Crippen LogP contribution is 2.11. The summed E-state index contributed by atoms with van der Waals surface area (Å²) in [4.78, 5) is 10.6. The van der Waals surface area contributed by atoms with Crippen LogP contribution in [0, 0.1) is 0 Å². The van der Waals surface area contributed by atoms with Gasteiger partial charge in [0.05, 0.1) is 6.21 Å². The Morgan fingerprint density at radius 3 is 2.59 bits per heavy atom. The third-order valence-electron chi connectivity index (χ3n) is 2.39. The van der Waals surface area contributed by atoms with Crippen LogP contribution in [0.25, 0.3) is 0 Å². The first-order valence-electron chi connectivity index (χ1n) is 6.02. The summed E-state index contributed by atoms with van der Waals surface area (Å²) in [6.07, 6.45) is 1.47. The Labute approximate surface area is 124 Å². The Kier molecular flexibility index (Phi) is 4.65. The van der Waals surface area contributed by atoms with Gasteiger partial charge in [-0.05, 0) is 40.1 Å². The molecule has 0 aliphatic carbocycles. The topological polar surface area (TPSA) is 168 Å². The first-order valence-corrected chi connectivity index (χ1v) is 6.02. The Balaban J connectivity index is 1.98. The largest absolute Gasteiger partial charge is 0.484 e. The molecule has 1 aromatic carbocycles. The molecule has 2 aromatic rings. The van der Waals surface area contributed by atoms with Crippen molar-refractivity contribution < 1.29 is 14.2 Å². The van der Waals surface area contributed by atoms with E-state index in [4.69, 9.17) is 21.9 Å². The molecule has 0 bridgehead atoms. The number of primary amides is 1. The zero-order chi connectivity index (χ0) is 15.9. The minimum Gasteiger partial charge on any atom is -0.484 e. The molecule has 0 spiro atoms. The third-order valence-corrected chi connectivity index (χ3v) is 2.39. The highest BCUT2D eigenvalue weighted by Gasteiger charge is 2.09. The predicted octanol–water partition coefficient (Wildman–Crippen LogP) is -0.745. The molecule has 6 N–H and O–H groups in total. The second-order valence-corrected chi connectivity index (χ2v) is 4.05. The molecule has 0 aliphatic heterocycles. The molecule has 0 radical (unpaired) electrons. The molecule has 1 amide bonds. The van der Waals surface area contributed by atoms with Crippen LogP contribution in [0.4, 0.5) is 5.82 Å². The summed E-state index contributed by atoms with van der Waals surface area (Å²) >= 11 is 0. The number of nitrogens with zero attached hydrogens (tertiary/aromatic N) is 4. The van der Waals surface area contributed by atoms with Gasteiger partial charge in [0.25, 0.3) is 5.91 Å². The normalized spacial score (nSPS) is 11.7. The van der Waals surface area contributed by atoms with Crippen molar-refractivity contribution in [3.63, 3.8) is 0 Å². The highest BCUT2D eigenvalue weighted by molar-refractivity contribution is 5.99. The molecule has 10 heteroatoms. The molecule has 10 nitrogen and oxygen atoms in total. The number of aromatic nitrogens is 2. The van der Waals surface area contributed by atoms with Crippen molar-refractivity contribution in [1.29, 1.82) is 0 Å². The van der Waals surface area contributed by atoms with Crippen LogP contribution in [0.3, 0.4) is 0 Å². The summed E-state index contributed by atoms with van der Waals surface area (Å²) in [6, 6.07) is 6.77. The van der Waals surface area contributed by atoms with Crippen LogP contribution in [0.15, 0.2) is 39.1 Å². The van der Waals surface area contributed by atoms with Crippen molar-refractivity contribution in [2.24, 2.45) is 21.7 Å². The lowest BCUT2D eigenvalue weighted by Crippen LogP contribution is -2.19. The van der Waals surface area contributed by atoms with Gasteiger partial charge >= 0.3 is 0 Å². The molecule has 1 heterocycles. The molecule has 0 unspecified atom stereocenters. The molecule has 1 aromatic heterocycles. The fraction of sp³-hybridized carbons (Fsp3) is 0.0833. The number of amidine groups is 1. The molecule has 2 rings (SSSR count). The summed E-state index contributed by atoms with van der Waals surface area (Å²) in [5.74, 6) is -0.0127. The molecule has 0 atom stereocenters. The van der Waals surface area contributed by atoms with E-state index < -0.39 is 5.91 Å². The number of nitrogen functional groups attached to an aromatic ring is 1. The molecule has 0 aliphatic rings. The number of ether oxygens (including phenoxy) is 1. The summed E-state index contributed by atoms with van der Waals surface area (Å²) < 4.78 is 9.52. The number of benzene rings is 1. The van der Waals surface area contributed by atoms with Crippen molar-refractivity contribution in [1.82, 2.24) is 10.3 Å². The molecular weight excluding hydrogens is 290 g/mol. The number of hydrogen-bond acceptors (Lipinski definition) is 8. The second-order valence-electron chi connectivity index (χ2n) is 4.05. The number of amides is 1. The molecule has 114 valence electrons. The quantitative estimate of drug-likeness (QED) is 0.358. The Morgan fingerprint density at radius 1 is 1.27 bits per heavy atom. The van der Waals surface area contributed by atoms with E-state index in [0.717, 1.165) is 5.56 Å². The van der Waals surface area contributed by atoms with Crippen molar-refractivity contribution in [2.45, 2.75) is 0 Å². The fourth-order valence-corrected chi connectivity index (χ4v) is 1.38. The minimum absolute atomic E-state index is 0.0172. The molecule has 0 fully saturated rings. The summed E-state index contributed by atoms with van der Waals surface area (Å²) in [5.41, 5.74) is 16.9. The SMILES string of the molecule is NC(=O)COc1ccc(/C=N\N=C(\N)c2nonc2N)cc1. The zero-order valence-electron chi connectivity index (χ0n) is 11.3. The second kappa shape index (κ2) is 6.83. The monoisotopic (exact) mass is 303 g/mol. The van der Waals surface area contributed by atoms with Crippen molar-refractivity contribution in [2.75, 3.05) is 12.3 Å². The standard InChI is InChI=1S/C12H13N7O3/c13-9(20)6-21-8-3-1-7(2-4-8)5-16-17-11(14)10-12(15)19-22-18-10/h1-5H,6H2,(H2,13,20)(H2,14,17)(H2,15,19)/b16-5-. The van der Waals surface area contributed by atoms with Gasteiger partial charge in [-0.15, -0.1) is 5.10 Å². The van der Waals surface area contributed by atoms with E-state index in [1.54, 1.807) is 24.3 Å². The lowest BCUT2D eigenvalue weighted by Gasteiger charge is -2.02. The Hall–Kier alpha value is -3.43. The number of carbonyl (C=O) groups is 1. The van der Waals surface area contributed by atoms with Crippen molar-refractivity contribution >= 4 is 23.8 Å². The predicted molar refractivity (Wildman–Crippen MR) is 78.2 cm³/mol. The van der Waals surface area contributed by atoms with Gasteiger partial charge in [-0.1, -0.05) is 0 Å². The van der Waals surface area contributed by atoms with E-state index in [2.05, 4.69) is 25.1 Å². The smallest absolute Gasteiger partial charge is 0.255 e. The summed E-state index contributed by atoms with van der Waals surface area (Å²) in [7, 11) is 0. The van der Waals surface area contributed by atoms with Crippen LogP contribution in [0.5, 0.6) is 5.75 Å². The van der Waals surface area contributed by atoms with Crippen LogP contribution >= 0.6 is 0 Å². The minimum atomic E-state index is -0.544. The van der Waals surface area contributed by atoms with Crippen LogP contribution in [-0.2, 0) is 4.79 Å². The molecule has 22 heavy (non-hydrogen) atoms. The maximum atomic E-state index is 10.6. The van der Waals surface area contributed by atoms with Gasteiger partial charge in [0.2, 0.25) is 0 Å². The Bertz CT molecular complexity index is 706. The van der Waals surface area contributed by atoms with Gasteiger partial charge < -0.3 is 21.9 Å². The van der Waals surface area contributed by atoms with Crippen LogP contribution < -0.4 is 21.9 Å². The van der Waals surface area contributed by atoms with Crippen LogP contribution in [0.1, 0.15) is 11.3 Å². The number of rotatable bonds is 6. The van der Waals surface area contributed by atoms with Crippen LogP contribution in [-0.4, -0.2) is 34.9 Å². The first-order chi connectivity index (χ1) is 10.6. The Morgan fingerprint density at radius 2 is 2.00 bits per heavy atom. The van der Waals surface area contributed by atoms with E-state index >= 15 is 0 Å². The van der Waals surface area contributed by atoms with E-state index in [-0.39, 0.29) is 24.0 Å². The van der Waals surface area contributed by atoms with Crippen molar-refractivity contribution in [3.05, 3.63) is 35.5 Å². The first kappa shape index (κ1) is 15.0. The molecule has 0 saturated heterocycles. The van der Waals surface area contributed by atoms with Gasteiger partial charge in [0.15, 0.2) is 24.0 Å². The maximum absolute atomic E-state index is 10.6. The van der Waals surface area contributed by atoms with E-state index in [1.165, 1.54) is 6.21 Å². The van der Waals surface area contributed by atoms with Crippen molar-refractivity contribution in [3.8, 4) is 5.75 Å².